The van der Waals surface area contributed by atoms with Crippen molar-refractivity contribution < 1.29 is 4.79 Å². The van der Waals surface area contributed by atoms with Crippen LogP contribution in [0.5, 0.6) is 0 Å². The molecule has 0 aliphatic rings. The molecule has 1 N–H and O–H groups in total. The van der Waals surface area contributed by atoms with Crippen LogP contribution >= 0.6 is 31.9 Å². The number of hydrogen-bond donors (Lipinski definition) is 1. The molecule has 0 aromatic heterocycles. The highest BCUT2D eigenvalue weighted by Gasteiger charge is 2.03. The second-order valence-electron chi connectivity index (χ2n) is 4.54. The molecule has 0 saturated heterocycles. The molecule has 0 aliphatic carbocycles. The van der Waals surface area contributed by atoms with Gasteiger partial charge in [-0.15, -0.1) is 0 Å². The monoisotopic (exact) mass is 408 g/mol. The van der Waals surface area contributed by atoms with Gasteiger partial charge < -0.3 is 0 Å². The fraction of sp³-hybridized carbons (Fsp3) is 0.125. The van der Waals surface area contributed by atoms with E-state index in [-0.39, 0.29) is 5.91 Å². The minimum absolute atomic E-state index is 0.131. The summed E-state index contributed by atoms with van der Waals surface area (Å²) in [7, 11) is 0. The molecule has 108 valence electrons. The molecule has 0 aliphatic heterocycles. The second-order valence-corrected chi connectivity index (χ2v) is 6.37. The quantitative estimate of drug-likeness (QED) is 0.593. The van der Waals surface area contributed by atoms with E-state index in [0.29, 0.717) is 6.42 Å². The highest BCUT2D eigenvalue weighted by molar-refractivity contribution is 9.10. The van der Waals surface area contributed by atoms with Crippen LogP contribution in [0.15, 0.2) is 62.6 Å². The summed E-state index contributed by atoms with van der Waals surface area (Å²) < 4.78 is 2.01. The smallest absolute Gasteiger partial charge is 0.244 e. The number of amides is 1. The third-order valence-corrected chi connectivity index (χ3v) is 3.95. The van der Waals surface area contributed by atoms with Crippen LogP contribution in [0.1, 0.15) is 18.1 Å². The summed E-state index contributed by atoms with van der Waals surface area (Å²) in [5.74, 6) is -0.131. The van der Waals surface area contributed by atoms with Crippen LogP contribution in [0.2, 0.25) is 0 Å². The average molecular weight is 410 g/mol. The van der Waals surface area contributed by atoms with Gasteiger partial charge in [0.15, 0.2) is 0 Å². The SMILES string of the molecule is C/C(=N\NC(=O)Cc1ccc(Br)cc1)c1ccc(Br)cc1. The number of hydrogen-bond acceptors (Lipinski definition) is 2. The molecule has 2 rings (SSSR count). The summed E-state index contributed by atoms with van der Waals surface area (Å²) in [4.78, 5) is 11.8. The number of halogens is 2. The maximum atomic E-state index is 11.8. The molecule has 0 fully saturated rings. The van der Waals surface area contributed by atoms with E-state index in [1.54, 1.807) is 0 Å². The van der Waals surface area contributed by atoms with Crippen molar-refractivity contribution in [3.05, 3.63) is 68.6 Å². The average Bonchev–Trinajstić information content (AvgIpc) is 2.48. The summed E-state index contributed by atoms with van der Waals surface area (Å²) in [5.41, 5.74) is 5.28. The fourth-order valence-corrected chi connectivity index (χ4v) is 2.26. The van der Waals surface area contributed by atoms with Crippen molar-refractivity contribution in [3.63, 3.8) is 0 Å². The molecule has 5 heteroatoms. The van der Waals surface area contributed by atoms with Gasteiger partial charge in [-0.2, -0.15) is 5.10 Å². The third kappa shape index (κ3) is 5.10. The van der Waals surface area contributed by atoms with E-state index in [2.05, 4.69) is 42.4 Å². The number of carbonyl (C=O) groups excluding carboxylic acids is 1. The molecule has 3 nitrogen and oxygen atoms in total. The van der Waals surface area contributed by atoms with Gasteiger partial charge in [0.05, 0.1) is 12.1 Å². The Hall–Kier alpha value is -1.46. The van der Waals surface area contributed by atoms with Crippen LogP contribution in [0.25, 0.3) is 0 Å². The first-order chi connectivity index (χ1) is 10.0. The standard InChI is InChI=1S/C16H14Br2N2O/c1-11(13-4-8-15(18)9-5-13)19-20-16(21)10-12-2-6-14(17)7-3-12/h2-9H,10H2,1H3,(H,20,21)/b19-11+. The largest absolute Gasteiger partial charge is 0.273 e. The predicted molar refractivity (Wildman–Crippen MR) is 92.3 cm³/mol. The Morgan fingerprint density at radius 1 is 1.00 bits per heavy atom. The van der Waals surface area contributed by atoms with Gasteiger partial charge >= 0.3 is 0 Å². The van der Waals surface area contributed by atoms with Crippen LogP contribution < -0.4 is 5.43 Å². The number of rotatable bonds is 4. The first-order valence-electron chi connectivity index (χ1n) is 6.38. The molecule has 0 radical (unpaired) electrons. The molecule has 0 bridgehead atoms. The first kappa shape index (κ1) is 15.9. The lowest BCUT2D eigenvalue weighted by Gasteiger charge is -2.04. The van der Waals surface area contributed by atoms with Crippen molar-refractivity contribution in [2.75, 3.05) is 0 Å². The molecule has 1 amide bonds. The van der Waals surface area contributed by atoms with E-state index in [1.165, 1.54) is 0 Å². The maximum absolute atomic E-state index is 11.8. The second kappa shape index (κ2) is 7.52. The van der Waals surface area contributed by atoms with Crippen molar-refractivity contribution in [3.8, 4) is 0 Å². The van der Waals surface area contributed by atoms with E-state index in [9.17, 15) is 4.79 Å². The van der Waals surface area contributed by atoms with Crippen LogP contribution in [0.4, 0.5) is 0 Å². The molecule has 0 unspecified atom stereocenters. The number of carbonyl (C=O) groups is 1. The van der Waals surface area contributed by atoms with Crippen molar-refractivity contribution in [2.24, 2.45) is 5.10 Å². The minimum Gasteiger partial charge on any atom is -0.273 e. The van der Waals surface area contributed by atoms with Gasteiger partial charge in [0.2, 0.25) is 5.91 Å². The summed E-state index contributed by atoms with van der Waals surface area (Å²) in [6.07, 6.45) is 0.310. The molecular formula is C16H14Br2N2O. The highest BCUT2D eigenvalue weighted by atomic mass is 79.9. The molecule has 2 aromatic rings. The topological polar surface area (TPSA) is 41.5 Å². The molecular weight excluding hydrogens is 396 g/mol. The van der Waals surface area contributed by atoms with Gasteiger partial charge in [-0.1, -0.05) is 56.1 Å². The minimum atomic E-state index is -0.131. The van der Waals surface area contributed by atoms with Crippen LogP contribution in [0, 0.1) is 0 Å². The Bertz CT molecular complexity index is 649. The lowest BCUT2D eigenvalue weighted by Crippen LogP contribution is -2.21. The van der Waals surface area contributed by atoms with Crippen LogP contribution in [-0.2, 0) is 11.2 Å². The van der Waals surface area contributed by atoms with Crippen LogP contribution in [0.3, 0.4) is 0 Å². The van der Waals surface area contributed by atoms with E-state index in [4.69, 9.17) is 0 Å². The van der Waals surface area contributed by atoms with Crippen molar-refractivity contribution in [2.45, 2.75) is 13.3 Å². The highest BCUT2D eigenvalue weighted by Crippen LogP contribution is 2.12. The van der Waals surface area contributed by atoms with E-state index >= 15 is 0 Å². The number of nitrogens with zero attached hydrogens (tertiary/aromatic N) is 1. The fourth-order valence-electron chi connectivity index (χ4n) is 1.73. The molecule has 0 heterocycles. The first-order valence-corrected chi connectivity index (χ1v) is 7.97. The number of hydrazone groups is 1. The van der Waals surface area contributed by atoms with Gasteiger partial charge in [0.25, 0.3) is 0 Å². The predicted octanol–water partition coefficient (Wildman–Crippen LogP) is 4.29. The summed E-state index contributed by atoms with van der Waals surface area (Å²) >= 11 is 6.75. The van der Waals surface area contributed by atoms with Crippen LogP contribution in [-0.4, -0.2) is 11.6 Å². The van der Waals surface area contributed by atoms with Gasteiger partial charge in [0.1, 0.15) is 0 Å². The van der Waals surface area contributed by atoms with Crippen molar-refractivity contribution in [1.29, 1.82) is 0 Å². The number of benzene rings is 2. The summed E-state index contributed by atoms with van der Waals surface area (Å²) in [6, 6.07) is 15.4. The zero-order valence-corrected chi connectivity index (χ0v) is 14.6. The van der Waals surface area contributed by atoms with E-state index in [0.717, 1.165) is 25.8 Å². The Balaban J connectivity index is 1.94. The Morgan fingerprint density at radius 2 is 1.52 bits per heavy atom. The molecule has 2 aromatic carbocycles. The molecule has 0 saturated carbocycles. The Kier molecular flexibility index (Phi) is 5.70. The van der Waals surface area contributed by atoms with E-state index in [1.807, 2.05) is 55.5 Å². The van der Waals surface area contributed by atoms with Gasteiger partial charge in [0, 0.05) is 8.95 Å². The van der Waals surface area contributed by atoms with Gasteiger partial charge in [-0.25, -0.2) is 5.43 Å². The van der Waals surface area contributed by atoms with Gasteiger partial charge in [-0.3, -0.25) is 4.79 Å². The van der Waals surface area contributed by atoms with E-state index < -0.39 is 0 Å². The Morgan fingerprint density at radius 3 is 2.10 bits per heavy atom. The summed E-state index contributed by atoms with van der Waals surface area (Å²) in [6.45, 7) is 1.86. The third-order valence-electron chi connectivity index (χ3n) is 2.89. The zero-order chi connectivity index (χ0) is 15.2. The van der Waals surface area contributed by atoms with Gasteiger partial charge in [-0.05, 0) is 42.3 Å². The Labute approximate surface area is 140 Å². The molecule has 0 spiro atoms. The normalized spacial score (nSPS) is 11.3. The lowest BCUT2D eigenvalue weighted by molar-refractivity contribution is -0.120. The number of nitrogens with one attached hydrogen (secondary N) is 1. The van der Waals surface area contributed by atoms with Crippen molar-refractivity contribution >= 4 is 43.5 Å². The lowest BCUT2D eigenvalue weighted by atomic mass is 10.1. The van der Waals surface area contributed by atoms with Crippen molar-refractivity contribution in [1.82, 2.24) is 5.43 Å². The molecule has 21 heavy (non-hydrogen) atoms. The maximum Gasteiger partial charge on any atom is 0.244 e. The molecule has 0 atom stereocenters. The zero-order valence-electron chi connectivity index (χ0n) is 11.4. The summed E-state index contributed by atoms with van der Waals surface area (Å²) in [5, 5.41) is 4.13.